The summed E-state index contributed by atoms with van der Waals surface area (Å²) in [7, 11) is 0. The summed E-state index contributed by atoms with van der Waals surface area (Å²) < 4.78 is 85.4. The number of rotatable bonds is 14. The van der Waals surface area contributed by atoms with Gasteiger partial charge in [-0.1, -0.05) is 40.2 Å². The molecule has 0 spiro atoms. The first-order valence-corrected chi connectivity index (χ1v) is 15.1. The molecule has 2 atom stereocenters. The highest BCUT2D eigenvalue weighted by atomic mass is 19.4. The van der Waals surface area contributed by atoms with Crippen LogP contribution in [0.5, 0.6) is 17.2 Å². The van der Waals surface area contributed by atoms with Crippen molar-refractivity contribution in [2.75, 3.05) is 19.9 Å². The molecule has 0 bridgehead atoms. The number of ether oxygens (including phenoxy) is 3. The molecule has 0 aliphatic carbocycles. The topological polar surface area (TPSA) is 97.3 Å². The zero-order chi connectivity index (χ0) is 33.2. The average molecular weight is 643 g/mol. The molecule has 3 amide bonds. The third-order valence-electron chi connectivity index (χ3n) is 8.17. The number of urea groups is 1. The van der Waals surface area contributed by atoms with Crippen molar-refractivity contribution in [2.24, 2.45) is 5.92 Å². The Morgan fingerprint density at radius 1 is 1.04 bits per heavy atom. The van der Waals surface area contributed by atoms with Gasteiger partial charge in [-0.15, -0.1) is 0 Å². The predicted molar refractivity (Wildman–Crippen MR) is 154 cm³/mol. The lowest BCUT2D eigenvalue weighted by Crippen LogP contribution is -2.48. The van der Waals surface area contributed by atoms with Gasteiger partial charge in [-0.05, 0) is 84.5 Å². The number of imide groups is 1. The van der Waals surface area contributed by atoms with E-state index in [4.69, 9.17) is 14.2 Å². The van der Waals surface area contributed by atoms with Crippen molar-refractivity contribution in [3.8, 4) is 17.2 Å². The minimum absolute atomic E-state index is 0.0501. The molecule has 4 rings (SSSR count). The number of alkyl halides is 5. The predicted octanol–water partition coefficient (Wildman–Crippen LogP) is 6.60. The number of aryl methyl sites for hydroxylation is 1. The van der Waals surface area contributed by atoms with Crippen LogP contribution in [0.2, 0.25) is 0 Å². The lowest BCUT2D eigenvalue weighted by molar-refractivity contribution is -0.305. The van der Waals surface area contributed by atoms with Crippen LogP contribution in [0.3, 0.4) is 0 Å². The number of nitrogens with one attached hydrogen (secondary N) is 1. The van der Waals surface area contributed by atoms with E-state index in [1.165, 1.54) is 0 Å². The maximum Gasteiger partial charge on any atom is 0.427 e. The number of aliphatic hydroxyl groups is 1. The highest BCUT2D eigenvalue weighted by Gasteiger charge is 2.62. The van der Waals surface area contributed by atoms with Crippen molar-refractivity contribution in [1.29, 1.82) is 0 Å². The van der Waals surface area contributed by atoms with Crippen molar-refractivity contribution in [1.82, 2.24) is 10.2 Å². The Balaban J connectivity index is 1.48. The molecule has 0 saturated carbocycles. The molecule has 248 valence electrons. The van der Waals surface area contributed by atoms with Crippen molar-refractivity contribution in [2.45, 2.75) is 90.0 Å². The van der Waals surface area contributed by atoms with Crippen LogP contribution in [0.25, 0.3) is 0 Å². The smallest absolute Gasteiger partial charge is 0.427 e. The van der Waals surface area contributed by atoms with E-state index < -0.39 is 41.2 Å². The maximum atomic E-state index is 13.7. The third kappa shape index (κ3) is 6.54. The number of nitrogens with zero attached hydrogens (tertiary/aromatic N) is 1. The lowest BCUT2D eigenvalue weighted by Gasteiger charge is -2.31. The van der Waals surface area contributed by atoms with Crippen LogP contribution in [-0.4, -0.2) is 54.5 Å². The van der Waals surface area contributed by atoms with Crippen molar-refractivity contribution < 1.29 is 50.9 Å². The van der Waals surface area contributed by atoms with Gasteiger partial charge >= 0.3 is 12.2 Å². The number of carbonyl (C=O) groups excluding carboxylic acids is 2. The first kappa shape index (κ1) is 34.3. The van der Waals surface area contributed by atoms with Gasteiger partial charge in [-0.2, -0.15) is 13.2 Å². The third-order valence-corrected chi connectivity index (χ3v) is 8.17. The van der Waals surface area contributed by atoms with Crippen molar-refractivity contribution >= 4 is 11.9 Å². The van der Waals surface area contributed by atoms with E-state index in [-0.39, 0.29) is 38.7 Å². The number of amides is 3. The largest absolute Gasteiger partial charge is 0.493 e. The highest BCUT2D eigenvalue weighted by molar-refractivity contribution is 6.07. The van der Waals surface area contributed by atoms with Gasteiger partial charge in [0.05, 0.1) is 6.61 Å². The maximum absolute atomic E-state index is 13.7. The minimum atomic E-state index is -5.60. The zero-order valence-corrected chi connectivity index (χ0v) is 25.7. The lowest BCUT2D eigenvalue weighted by atomic mass is 9.87. The summed E-state index contributed by atoms with van der Waals surface area (Å²) in [4.78, 5) is 27.6. The Hall–Kier alpha value is -3.61. The second kappa shape index (κ2) is 13.4. The monoisotopic (exact) mass is 642 g/mol. The van der Waals surface area contributed by atoms with Crippen LogP contribution in [0.1, 0.15) is 75.6 Å². The SMILES string of the molecule is CCCc1cc(C(O)(C(F)F)C(F)(F)F)cc(CC(C)C)c1OCCCCN1C(=O)NC(CC)(c2ccc3c(c2)OCO3)C1=O. The fourth-order valence-electron chi connectivity index (χ4n) is 5.80. The number of benzene rings is 2. The number of fused-ring (bicyclic) bond motifs is 1. The van der Waals surface area contributed by atoms with E-state index in [9.17, 15) is 36.6 Å². The van der Waals surface area contributed by atoms with Crippen LogP contribution in [0.4, 0.5) is 26.7 Å². The summed E-state index contributed by atoms with van der Waals surface area (Å²) in [6.07, 6.45) is -7.65. The Labute approximate surface area is 258 Å². The van der Waals surface area contributed by atoms with Gasteiger partial charge in [0.15, 0.2) is 11.5 Å². The summed E-state index contributed by atoms with van der Waals surface area (Å²) in [5.74, 6) is 0.896. The average Bonchev–Trinajstić information content (AvgIpc) is 3.54. The Morgan fingerprint density at radius 2 is 1.73 bits per heavy atom. The molecule has 45 heavy (non-hydrogen) atoms. The molecule has 1 saturated heterocycles. The Kier molecular flexibility index (Phi) is 10.2. The van der Waals surface area contributed by atoms with Crippen LogP contribution in [0.15, 0.2) is 30.3 Å². The Morgan fingerprint density at radius 3 is 2.36 bits per heavy atom. The molecular formula is C32H39F5N2O6. The molecular weight excluding hydrogens is 603 g/mol. The first-order chi connectivity index (χ1) is 21.2. The zero-order valence-electron chi connectivity index (χ0n) is 25.7. The van der Waals surface area contributed by atoms with E-state index in [2.05, 4.69) is 5.32 Å². The molecule has 0 radical (unpaired) electrons. The minimum Gasteiger partial charge on any atom is -0.493 e. The fraction of sp³-hybridized carbons (Fsp3) is 0.562. The number of unbranched alkanes of at least 4 members (excludes halogenated alkanes) is 1. The molecule has 2 aromatic carbocycles. The van der Waals surface area contributed by atoms with E-state index in [1.54, 1.807) is 32.0 Å². The molecule has 2 N–H and O–H groups in total. The standard InChI is InChI=1S/C32H39F5N2O6/c1-5-9-20-15-23(31(42,27(33)34)32(35,36)37)16-21(14-19(3)4)26(20)43-13-8-7-12-39-28(40)30(6-2,38-29(39)41)22-10-11-24-25(17-22)45-18-44-24/h10-11,15-17,19,27,42H,5-9,12-14,18H2,1-4H3,(H,38,41). The van der Waals surface area contributed by atoms with Crippen LogP contribution < -0.4 is 19.5 Å². The molecule has 2 heterocycles. The number of halogens is 5. The van der Waals surface area contributed by atoms with Gasteiger partial charge in [0.1, 0.15) is 11.3 Å². The van der Waals surface area contributed by atoms with Gasteiger partial charge in [-0.25, -0.2) is 13.6 Å². The molecule has 2 aliphatic rings. The van der Waals surface area contributed by atoms with Gasteiger partial charge in [-0.3, -0.25) is 9.69 Å². The second-order valence-electron chi connectivity index (χ2n) is 11.8. The van der Waals surface area contributed by atoms with E-state index in [1.807, 2.05) is 13.8 Å². The molecule has 1 fully saturated rings. The molecule has 13 heteroatoms. The second-order valence-corrected chi connectivity index (χ2v) is 11.8. The fourth-order valence-corrected chi connectivity index (χ4v) is 5.80. The number of carbonyl (C=O) groups is 2. The molecule has 8 nitrogen and oxygen atoms in total. The van der Waals surface area contributed by atoms with Crippen LogP contribution >= 0.6 is 0 Å². The highest BCUT2D eigenvalue weighted by Crippen LogP contribution is 2.46. The van der Waals surface area contributed by atoms with E-state index in [0.717, 1.165) is 17.0 Å². The molecule has 0 aromatic heterocycles. The van der Waals surface area contributed by atoms with Gasteiger partial charge in [0, 0.05) is 6.54 Å². The van der Waals surface area contributed by atoms with Crippen molar-refractivity contribution in [3.63, 3.8) is 0 Å². The van der Waals surface area contributed by atoms with Crippen LogP contribution in [0, 0.1) is 5.92 Å². The quantitative estimate of drug-likeness (QED) is 0.137. The van der Waals surface area contributed by atoms with E-state index >= 15 is 0 Å². The molecule has 2 aromatic rings. The summed E-state index contributed by atoms with van der Waals surface area (Å²) in [5, 5.41) is 13.0. The molecule has 2 aliphatic heterocycles. The summed E-state index contributed by atoms with van der Waals surface area (Å²) in [6, 6.07) is 6.48. The Bertz CT molecular complexity index is 1400. The van der Waals surface area contributed by atoms with E-state index in [0.29, 0.717) is 59.6 Å². The number of hydrogen-bond donors (Lipinski definition) is 2. The van der Waals surface area contributed by atoms with Gasteiger partial charge in [0.25, 0.3) is 12.3 Å². The van der Waals surface area contributed by atoms with Crippen molar-refractivity contribution in [3.05, 3.63) is 52.6 Å². The first-order valence-electron chi connectivity index (χ1n) is 15.1. The van der Waals surface area contributed by atoms with Crippen LogP contribution in [-0.2, 0) is 28.8 Å². The molecule has 2 unspecified atom stereocenters. The number of hydrogen-bond acceptors (Lipinski definition) is 6. The van der Waals surface area contributed by atoms with Gasteiger partial charge < -0.3 is 24.6 Å². The summed E-state index contributed by atoms with van der Waals surface area (Å²) in [5.41, 5.74) is -5.34. The summed E-state index contributed by atoms with van der Waals surface area (Å²) in [6.45, 7) is 7.52. The van der Waals surface area contributed by atoms with Gasteiger partial charge in [0.2, 0.25) is 12.4 Å². The normalized spacial score (nSPS) is 19.4. The summed E-state index contributed by atoms with van der Waals surface area (Å²) >= 11 is 0.